The quantitative estimate of drug-likeness (QED) is 0.416. The molecule has 1 aliphatic rings. The molecule has 0 N–H and O–H groups in total. The van der Waals surface area contributed by atoms with E-state index in [-0.39, 0.29) is 0 Å². The number of benzene rings is 4. The zero-order chi connectivity index (χ0) is 16.1. The van der Waals surface area contributed by atoms with E-state index < -0.39 is 7.14 Å². The van der Waals surface area contributed by atoms with E-state index in [9.17, 15) is 4.57 Å². The van der Waals surface area contributed by atoms with Gasteiger partial charge in [-0.15, -0.1) is 0 Å². The van der Waals surface area contributed by atoms with Crippen LogP contribution < -0.4 is 15.9 Å². The molecule has 2 heteroatoms. The Morgan fingerprint density at radius 2 is 1.29 bits per heavy atom. The summed E-state index contributed by atoms with van der Waals surface area (Å²) in [5.41, 5.74) is 2.21. The molecule has 1 heterocycles. The average molecular weight is 326 g/mol. The molecule has 0 bridgehead atoms. The molecular formula is C22H15OP. The van der Waals surface area contributed by atoms with Gasteiger partial charge in [0.1, 0.15) is 0 Å². The first-order valence-electron chi connectivity index (χ1n) is 8.08. The molecule has 24 heavy (non-hydrogen) atoms. The summed E-state index contributed by atoms with van der Waals surface area (Å²) < 4.78 is 14.5. The molecule has 0 radical (unpaired) electrons. The molecule has 0 aromatic heterocycles. The van der Waals surface area contributed by atoms with Gasteiger partial charge < -0.3 is 4.57 Å². The number of hydrogen-bond donors (Lipinski definition) is 0. The fraction of sp³-hybridized carbons (Fsp3) is 0. The summed E-state index contributed by atoms with van der Waals surface area (Å²) in [6, 6.07) is 30.5. The minimum atomic E-state index is -2.85. The van der Waals surface area contributed by atoms with Crippen molar-refractivity contribution in [3.8, 4) is 11.1 Å². The minimum absolute atomic E-state index is 0.910. The minimum Gasteiger partial charge on any atom is -0.309 e. The zero-order valence-electron chi connectivity index (χ0n) is 13.0. The van der Waals surface area contributed by atoms with E-state index in [0.29, 0.717) is 0 Å². The molecule has 114 valence electrons. The van der Waals surface area contributed by atoms with Gasteiger partial charge in [-0.05, 0) is 21.9 Å². The molecule has 0 aliphatic carbocycles. The predicted octanol–water partition coefficient (Wildman–Crippen LogP) is 4.46. The Morgan fingerprint density at radius 1 is 0.583 bits per heavy atom. The third-order valence-electron chi connectivity index (χ3n) is 4.87. The normalized spacial score (nSPS) is 18.3. The van der Waals surface area contributed by atoms with E-state index >= 15 is 0 Å². The lowest BCUT2D eigenvalue weighted by molar-refractivity contribution is 0.593. The molecular weight excluding hydrogens is 311 g/mol. The molecule has 1 nitrogen and oxygen atoms in total. The van der Waals surface area contributed by atoms with Gasteiger partial charge >= 0.3 is 0 Å². The van der Waals surface area contributed by atoms with Crippen molar-refractivity contribution in [3.05, 3.63) is 91.0 Å². The van der Waals surface area contributed by atoms with Gasteiger partial charge in [-0.3, -0.25) is 0 Å². The van der Waals surface area contributed by atoms with Crippen LogP contribution in [0.15, 0.2) is 91.0 Å². The maximum absolute atomic E-state index is 14.5. The Kier molecular flexibility index (Phi) is 2.83. The number of hydrogen-bond acceptors (Lipinski definition) is 1. The molecule has 0 amide bonds. The van der Waals surface area contributed by atoms with Crippen molar-refractivity contribution in [1.82, 2.24) is 0 Å². The van der Waals surface area contributed by atoms with Gasteiger partial charge in [-0.2, -0.15) is 0 Å². The first-order valence-corrected chi connectivity index (χ1v) is 9.79. The van der Waals surface area contributed by atoms with Gasteiger partial charge in [-0.25, -0.2) is 0 Å². The van der Waals surface area contributed by atoms with Crippen molar-refractivity contribution in [2.75, 3.05) is 0 Å². The molecule has 0 fully saturated rings. The van der Waals surface area contributed by atoms with Gasteiger partial charge in [0, 0.05) is 15.9 Å². The summed E-state index contributed by atoms with van der Waals surface area (Å²) in [4.78, 5) is 0. The topological polar surface area (TPSA) is 17.1 Å². The molecule has 1 unspecified atom stereocenters. The van der Waals surface area contributed by atoms with E-state index in [4.69, 9.17) is 0 Å². The summed E-state index contributed by atoms with van der Waals surface area (Å²) in [5.74, 6) is 0. The van der Waals surface area contributed by atoms with Crippen molar-refractivity contribution in [2.24, 2.45) is 0 Å². The Bertz CT molecular complexity index is 1130. The first-order chi connectivity index (χ1) is 11.8. The van der Waals surface area contributed by atoms with Crippen molar-refractivity contribution in [2.45, 2.75) is 0 Å². The van der Waals surface area contributed by atoms with Crippen LogP contribution in [0.3, 0.4) is 0 Å². The van der Waals surface area contributed by atoms with Crippen LogP contribution in [0.4, 0.5) is 0 Å². The fourth-order valence-corrected chi connectivity index (χ4v) is 7.09. The lowest BCUT2D eigenvalue weighted by Gasteiger charge is -2.17. The monoisotopic (exact) mass is 326 g/mol. The van der Waals surface area contributed by atoms with E-state index in [1.165, 1.54) is 0 Å². The highest BCUT2D eigenvalue weighted by molar-refractivity contribution is 7.86. The summed E-state index contributed by atoms with van der Waals surface area (Å²) in [6.45, 7) is 0. The van der Waals surface area contributed by atoms with Gasteiger partial charge in [0.05, 0.1) is 0 Å². The van der Waals surface area contributed by atoms with Gasteiger partial charge in [0.2, 0.25) is 0 Å². The SMILES string of the molecule is O=P1(c2ccccc2)c2ccccc2-c2ccc3ccccc3c21. The van der Waals surface area contributed by atoms with Gasteiger partial charge in [-0.1, -0.05) is 91.0 Å². The lowest BCUT2D eigenvalue weighted by Crippen LogP contribution is -2.21. The van der Waals surface area contributed by atoms with Crippen LogP contribution in [0.2, 0.25) is 0 Å². The fourth-order valence-electron chi connectivity index (χ4n) is 3.81. The van der Waals surface area contributed by atoms with E-state index in [2.05, 4.69) is 30.3 Å². The predicted molar refractivity (Wildman–Crippen MR) is 102 cm³/mol. The van der Waals surface area contributed by atoms with Crippen LogP contribution in [0.25, 0.3) is 21.9 Å². The lowest BCUT2D eigenvalue weighted by atomic mass is 10.0. The maximum Gasteiger partial charge on any atom is 0.172 e. The molecule has 1 aliphatic heterocycles. The third-order valence-corrected chi connectivity index (χ3v) is 8.07. The summed E-state index contributed by atoms with van der Waals surface area (Å²) in [5, 5.41) is 5.10. The second-order valence-electron chi connectivity index (χ2n) is 6.14. The smallest absolute Gasteiger partial charge is 0.172 e. The van der Waals surface area contributed by atoms with Gasteiger partial charge in [0.15, 0.2) is 7.14 Å². The summed E-state index contributed by atoms with van der Waals surface area (Å²) in [6.07, 6.45) is 0. The Balaban J connectivity index is 2.00. The average Bonchev–Trinajstić information content (AvgIpc) is 2.93. The number of fused-ring (bicyclic) bond motifs is 5. The van der Waals surface area contributed by atoms with Crippen LogP contribution in [-0.2, 0) is 4.57 Å². The van der Waals surface area contributed by atoms with Gasteiger partial charge in [0.25, 0.3) is 0 Å². The van der Waals surface area contributed by atoms with Crippen LogP contribution >= 0.6 is 7.14 Å². The van der Waals surface area contributed by atoms with Crippen molar-refractivity contribution >= 4 is 33.8 Å². The summed E-state index contributed by atoms with van der Waals surface area (Å²) in [7, 11) is -2.85. The molecule has 0 spiro atoms. The largest absolute Gasteiger partial charge is 0.309 e. The second-order valence-corrected chi connectivity index (χ2v) is 8.81. The maximum atomic E-state index is 14.5. The highest BCUT2D eigenvalue weighted by Gasteiger charge is 2.41. The Hall–Kier alpha value is -2.63. The first kappa shape index (κ1) is 13.8. The van der Waals surface area contributed by atoms with E-state index in [1.54, 1.807) is 0 Å². The Labute approximate surface area is 141 Å². The number of rotatable bonds is 1. The molecule has 4 aromatic rings. The van der Waals surface area contributed by atoms with E-state index in [0.717, 1.165) is 37.8 Å². The Morgan fingerprint density at radius 3 is 2.17 bits per heavy atom. The highest BCUT2D eigenvalue weighted by Crippen LogP contribution is 2.53. The van der Waals surface area contributed by atoms with Crippen molar-refractivity contribution < 1.29 is 4.57 Å². The molecule has 5 rings (SSSR count). The highest BCUT2D eigenvalue weighted by atomic mass is 31.2. The van der Waals surface area contributed by atoms with Crippen LogP contribution in [0.5, 0.6) is 0 Å². The third kappa shape index (κ3) is 1.68. The van der Waals surface area contributed by atoms with Crippen LogP contribution in [0.1, 0.15) is 0 Å². The van der Waals surface area contributed by atoms with Crippen molar-refractivity contribution in [3.63, 3.8) is 0 Å². The summed E-state index contributed by atoms with van der Waals surface area (Å²) >= 11 is 0. The molecule has 0 saturated carbocycles. The second kappa shape index (κ2) is 4.93. The standard InChI is InChI=1S/C22H15OP/c23-24(17-9-2-1-3-10-17)21-13-7-6-12-19(21)20-15-14-16-8-4-5-11-18(16)22(20)24/h1-15H. The zero-order valence-corrected chi connectivity index (χ0v) is 13.9. The molecule has 0 saturated heterocycles. The van der Waals surface area contributed by atoms with Crippen LogP contribution in [-0.4, -0.2) is 0 Å². The molecule has 4 aromatic carbocycles. The van der Waals surface area contributed by atoms with Crippen LogP contribution in [0, 0.1) is 0 Å². The van der Waals surface area contributed by atoms with E-state index in [1.807, 2.05) is 60.7 Å². The van der Waals surface area contributed by atoms with Crippen molar-refractivity contribution in [1.29, 1.82) is 0 Å². The molecule has 1 atom stereocenters.